The zero-order valence-corrected chi connectivity index (χ0v) is 13.3. The molecule has 2 aliphatic heterocycles. The van der Waals surface area contributed by atoms with Crippen LogP contribution in [-0.4, -0.2) is 30.5 Å². The lowest BCUT2D eigenvalue weighted by Gasteiger charge is -2.43. The second kappa shape index (κ2) is 5.38. The third-order valence-electron chi connectivity index (χ3n) is 5.16. The van der Waals surface area contributed by atoms with Crippen molar-refractivity contribution in [1.82, 2.24) is 0 Å². The Balaban J connectivity index is 1.86. The summed E-state index contributed by atoms with van der Waals surface area (Å²) in [4.78, 5) is 0. The molecule has 0 saturated carbocycles. The third kappa shape index (κ3) is 2.87. The minimum atomic E-state index is -0.809. The van der Waals surface area contributed by atoms with Gasteiger partial charge in [-0.2, -0.15) is 0 Å². The molecule has 2 fully saturated rings. The molecule has 1 aromatic rings. The summed E-state index contributed by atoms with van der Waals surface area (Å²) in [6, 6.07) is 6.37. The van der Waals surface area contributed by atoms with Crippen LogP contribution in [0.3, 0.4) is 0 Å². The summed E-state index contributed by atoms with van der Waals surface area (Å²) in [5, 5.41) is 11.2. The van der Waals surface area contributed by atoms with Gasteiger partial charge in [-0.3, -0.25) is 0 Å². The fraction of sp³-hybridized carbons (Fsp3) is 0.667. The lowest BCUT2D eigenvalue weighted by molar-refractivity contribution is -0.140. The van der Waals surface area contributed by atoms with Crippen molar-refractivity contribution in [2.45, 2.75) is 51.2 Å². The van der Waals surface area contributed by atoms with Crippen LogP contribution in [0.4, 0.5) is 0 Å². The van der Waals surface area contributed by atoms with E-state index < -0.39 is 5.60 Å². The first-order chi connectivity index (χ1) is 9.91. The molecule has 0 aliphatic carbocycles. The topological polar surface area (TPSA) is 38.7 Å². The first-order valence-corrected chi connectivity index (χ1v) is 7.94. The molecule has 116 valence electrons. The molecule has 3 heteroatoms. The van der Waals surface area contributed by atoms with Crippen LogP contribution in [0.5, 0.6) is 0 Å². The van der Waals surface area contributed by atoms with Crippen LogP contribution in [0.2, 0.25) is 0 Å². The van der Waals surface area contributed by atoms with Crippen molar-refractivity contribution in [3.63, 3.8) is 0 Å². The molecule has 0 amide bonds. The van der Waals surface area contributed by atoms with Gasteiger partial charge in [0, 0.05) is 19.6 Å². The van der Waals surface area contributed by atoms with E-state index in [0.717, 1.165) is 38.0 Å². The van der Waals surface area contributed by atoms with Gasteiger partial charge in [0.15, 0.2) is 0 Å². The molecule has 2 saturated heterocycles. The SMILES string of the molecule is Cc1cc(C)cc(C(C)(O)C2CCOC3(CCOC3)C2)c1. The van der Waals surface area contributed by atoms with Gasteiger partial charge in [-0.15, -0.1) is 0 Å². The van der Waals surface area contributed by atoms with Gasteiger partial charge < -0.3 is 14.6 Å². The monoisotopic (exact) mass is 290 g/mol. The van der Waals surface area contributed by atoms with Crippen LogP contribution in [0, 0.1) is 19.8 Å². The Hall–Kier alpha value is -0.900. The van der Waals surface area contributed by atoms with Gasteiger partial charge in [-0.25, -0.2) is 0 Å². The predicted octanol–water partition coefficient (Wildman–Crippen LogP) is 3.10. The van der Waals surface area contributed by atoms with Crippen molar-refractivity contribution in [3.05, 3.63) is 34.9 Å². The molecule has 3 unspecified atom stereocenters. The summed E-state index contributed by atoms with van der Waals surface area (Å²) in [7, 11) is 0. The number of aryl methyl sites for hydroxylation is 2. The fourth-order valence-corrected chi connectivity index (χ4v) is 3.87. The van der Waals surface area contributed by atoms with Crippen molar-refractivity contribution in [1.29, 1.82) is 0 Å². The van der Waals surface area contributed by atoms with Crippen LogP contribution in [0.15, 0.2) is 18.2 Å². The number of hydrogen-bond donors (Lipinski definition) is 1. The van der Waals surface area contributed by atoms with E-state index in [1.165, 1.54) is 11.1 Å². The van der Waals surface area contributed by atoms with Crippen molar-refractivity contribution in [3.8, 4) is 0 Å². The Labute approximate surface area is 127 Å². The number of hydrogen-bond acceptors (Lipinski definition) is 3. The van der Waals surface area contributed by atoms with Crippen molar-refractivity contribution in [2.24, 2.45) is 5.92 Å². The van der Waals surface area contributed by atoms with E-state index in [1.807, 2.05) is 6.92 Å². The highest BCUT2D eigenvalue weighted by molar-refractivity contribution is 5.32. The van der Waals surface area contributed by atoms with Crippen molar-refractivity contribution >= 4 is 0 Å². The maximum absolute atomic E-state index is 11.2. The first-order valence-electron chi connectivity index (χ1n) is 7.94. The number of rotatable bonds is 2. The maximum Gasteiger partial charge on any atom is 0.0940 e. The molecule has 1 spiro atoms. The molecule has 2 heterocycles. The first kappa shape index (κ1) is 15.0. The van der Waals surface area contributed by atoms with E-state index in [1.54, 1.807) is 0 Å². The Morgan fingerprint density at radius 3 is 2.52 bits per heavy atom. The third-order valence-corrected chi connectivity index (χ3v) is 5.16. The van der Waals surface area contributed by atoms with E-state index in [2.05, 4.69) is 32.0 Å². The summed E-state index contributed by atoms with van der Waals surface area (Å²) < 4.78 is 11.5. The number of benzene rings is 1. The molecular weight excluding hydrogens is 264 g/mol. The molecule has 1 aromatic carbocycles. The van der Waals surface area contributed by atoms with Crippen LogP contribution < -0.4 is 0 Å². The minimum Gasteiger partial charge on any atom is -0.385 e. The second-order valence-electron chi connectivity index (χ2n) is 7.05. The number of ether oxygens (including phenoxy) is 2. The fourth-order valence-electron chi connectivity index (χ4n) is 3.87. The van der Waals surface area contributed by atoms with Gasteiger partial charge in [-0.05, 0) is 45.1 Å². The Bertz CT molecular complexity index is 495. The molecule has 3 nitrogen and oxygen atoms in total. The van der Waals surface area contributed by atoms with E-state index in [9.17, 15) is 5.11 Å². The molecular formula is C18H26O3. The van der Waals surface area contributed by atoms with Gasteiger partial charge in [-0.1, -0.05) is 29.3 Å². The van der Waals surface area contributed by atoms with Crippen molar-refractivity contribution in [2.75, 3.05) is 19.8 Å². The van der Waals surface area contributed by atoms with Gasteiger partial charge in [0.05, 0.1) is 17.8 Å². The molecule has 21 heavy (non-hydrogen) atoms. The highest BCUT2D eigenvalue weighted by Gasteiger charge is 2.46. The molecule has 1 N–H and O–H groups in total. The zero-order chi connectivity index (χ0) is 15.1. The highest BCUT2D eigenvalue weighted by atomic mass is 16.6. The molecule has 2 aliphatic rings. The summed E-state index contributed by atoms with van der Waals surface area (Å²) in [5.74, 6) is 0.217. The largest absolute Gasteiger partial charge is 0.385 e. The Kier molecular flexibility index (Phi) is 3.85. The van der Waals surface area contributed by atoms with E-state index in [-0.39, 0.29) is 11.5 Å². The molecule has 0 bridgehead atoms. The smallest absolute Gasteiger partial charge is 0.0940 e. The average molecular weight is 290 g/mol. The summed E-state index contributed by atoms with van der Waals surface area (Å²) in [6.45, 7) is 8.30. The van der Waals surface area contributed by atoms with Crippen molar-refractivity contribution < 1.29 is 14.6 Å². The molecule has 0 aromatic heterocycles. The predicted molar refractivity (Wildman–Crippen MR) is 82.3 cm³/mol. The van der Waals surface area contributed by atoms with Crippen LogP contribution >= 0.6 is 0 Å². The Morgan fingerprint density at radius 2 is 1.90 bits per heavy atom. The van der Waals surface area contributed by atoms with Crippen LogP contribution in [-0.2, 0) is 15.1 Å². The van der Waals surface area contributed by atoms with E-state index in [4.69, 9.17) is 9.47 Å². The molecule has 3 atom stereocenters. The second-order valence-corrected chi connectivity index (χ2v) is 7.05. The molecule has 3 rings (SSSR count). The van der Waals surface area contributed by atoms with Crippen LogP contribution in [0.1, 0.15) is 42.9 Å². The van der Waals surface area contributed by atoms with Gasteiger partial charge in [0.2, 0.25) is 0 Å². The molecule has 0 radical (unpaired) electrons. The number of aliphatic hydroxyl groups is 1. The normalized spacial score (nSPS) is 32.3. The van der Waals surface area contributed by atoms with Gasteiger partial charge in [0.1, 0.15) is 0 Å². The Morgan fingerprint density at radius 1 is 1.19 bits per heavy atom. The van der Waals surface area contributed by atoms with E-state index >= 15 is 0 Å². The van der Waals surface area contributed by atoms with E-state index in [0.29, 0.717) is 6.61 Å². The maximum atomic E-state index is 11.2. The standard InChI is InChI=1S/C18H26O3/c1-13-8-14(2)10-16(9-13)17(3,19)15-4-6-21-18(11-15)5-7-20-12-18/h8-10,15,19H,4-7,11-12H2,1-3H3. The quantitative estimate of drug-likeness (QED) is 0.909. The summed E-state index contributed by atoms with van der Waals surface area (Å²) >= 11 is 0. The zero-order valence-electron chi connectivity index (χ0n) is 13.3. The van der Waals surface area contributed by atoms with Gasteiger partial charge in [0.25, 0.3) is 0 Å². The lowest BCUT2D eigenvalue weighted by Crippen LogP contribution is -2.46. The summed E-state index contributed by atoms with van der Waals surface area (Å²) in [6.07, 6.45) is 2.74. The minimum absolute atomic E-state index is 0.161. The van der Waals surface area contributed by atoms with Crippen LogP contribution in [0.25, 0.3) is 0 Å². The highest BCUT2D eigenvalue weighted by Crippen LogP contribution is 2.44. The van der Waals surface area contributed by atoms with Gasteiger partial charge >= 0.3 is 0 Å². The average Bonchev–Trinajstić information content (AvgIpc) is 2.85. The summed E-state index contributed by atoms with van der Waals surface area (Å²) in [5.41, 5.74) is 2.47. The lowest BCUT2D eigenvalue weighted by atomic mass is 9.73.